The minimum absolute atomic E-state index is 0.195. The number of benzene rings is 1. The summed E-state index contributed by atoms with van der Waals surface area (Å²) in [4.78, 5) is 10.7. The van der Waals surface area contributed by atoms with Crippen molar-refractivity contribution >= 4 is 21.6 Å². The number of hydrogen-bond donors (Lipinski definition) is 1. The van der Waals surface area contributed by atoms with Gasteiger partial charge in [-0.05, 0) is 40.9 Å². The second-order valence-corrected chi connectivity index (χ2v) is 4.50. The van der Waals surface area contributed by atoms with Crippen LogP contribution in [0.4, 0.5) is 5.69 Å². The standard InChI is InChI=1S/C10H11BrN2O2/c1-6-7-2-3-9(11)10(13(14)15)8(7)4-5-12-6/h2-3,6,12H,4-5H2,1H3. The van der Waals surface area contributed by atoms with Crippen molar-refractivity contribution in [1.29, 1.82) is 0 Å². The van der Waals surface area contributed by atoms with Gasteiger partial charge in [0.1, 0.15) is 0 Å². The molecule has 1 heterocycles. The quantitative estimate of drug-likeness (QED) is 0.630. The zero-order chi connectivity index (χ0) is 11.0. The van der Waals surface area contributed by atoms with Crippen molar-refractivity contribution < 1.29 is 4.92 Å². The fourth-order valence-electron chi connectivity index (χ4n) is 2.01. The second-order valence-electron chi connectivity index (χ2n) is 3.65. The molecule has 0 saturated heterocycles. The molecule has 0 saturated carbocycles. The van der Waals surface area contributed by atoms with Crippen LogP contribution in [0.1, 0.15) is 24.1 Å². The zero-order valence-electron chi connectivity index (χ0n) is 8.29. The molecule has 5 heteroatoms. The van der Waals surface area contributed by atoms with Crippen molar-refractivity contribution in [3.63, 3.8) is 0 Å². The highest BCUT2D eigenvalue weighted by Gasteiger charge is 2.26. The summed E-state index contributed by atoms with van der Waals surface area (Å²) < 4.78 is 0.570. The van der Waals surface area contributed by atoms with Crippen LogP contribution in [0.5, 0.6) is 0 Å². The van der Waals surface area contributed by atoms with Gasteiger partial charge in [0.2, 0.25) is 0 Å². The van der Waals surface area contributed by atoms with Crippen LogP contribution in [0.15, 0.2) is 16.6 Å². The molecule has 0 radical (unpaired) electrons. The minimum atomic E-state index is -0.305. The Morgan fingerprint density at radius 1 is 1.60 bits per heavy atom. The SMILES string of the molecule is CC1NCCc2c1ccc(Br)c2[N+](=O)[O-]. The van der Waals surface area contributed by atoms with Crippen LogP contribution in [-0.2, 0) is 6.42 Å². The fraction of sp³-hybridized carbons (Fsp3) is 0.400. The number of nitrogens with zero attached hydrogens (tertiary/aromatic N) is 1. The molecule has 0 spiro atoms. The summed E-state index contributed by atoms with van der Waals surface area (Å²) in [6.07, 6.45) is 0.718. The molecule has 80 valence electrons. The lowest BCUT2D eigenvalue weighted by Gasteiger charge is -2.23. The Morgan fingerprint density at radius 2 is 2.33 bits per heavy atom. The third kappa shape index (κ3) is 1.77. The van der Waals surface area contributed by atoms with Gasteiger partial charge in [0.15, 0.2) is 0 Å². The number of fused-ring (bicyclic) bond motifs is 1. The first-order chi connectivity index (χ1) is 7.11. The molecule has 0 amide bonds. The number of halogens is 1. The maximum atomic E-state index is 11.0. The number of hydrogen-bond acceptors (Lipinski definition) is 3. The normalized spacial score (nSPS) is 19.7. The van der Waals surface area contributed by atoms with Crippen molar-refractivity contribution in [2.75, 3.05) is 6.54 Å². The minimum Gasteiger partial charge on any atom is -0.310 e. The molecule has 0 aromatic heterocycles. The predicted molar refractivity (Wildman–Crippen MR) is 60.9 cm³/mol. The van der Waals surface area contributed by atoms with Gasteiger partial charge in [0, 0.05) is 18.2 Å². The van der Waals surface area contributed by atoms with Gasteiger partial charge in [-0.25, -0.2) is 0 Å². The van der Waals surface area contributed by atoms with Crippen molar-refractivity contribution in [2.45, 2.75) is 19.4 Å². The Kier molecular flexibility index (Phi) is 2.75. The van der Waals surface area contributed by atoms with Gasteiger partial charge in [-0.1, -0.05) is 6.07 Å². The average molecular weight is 271 g/mol. The van der Waals surface area contributed by atoms with Gasteiger partial charge in [-0.3, -0.25) is 10.1 Å². The number of nitro groups is 1. The molecule has 1 atom stereocenters. The molecule has 1 aliphatic rings. The molecule has 1 N–H and O–H groups in total. The maximum Gasteiger partial charge on any atom is 0.287 e. The highest BCUT2D eigenvalue weighted by atomic mass is 79.9. The first-order valence-corrected chi connectivity index (χ1v) is 5.59. The molecule has 1 aromatic carbocycles. The van der Waals surface area contributed by atoms with Crippen LogP contribution >= 0.6 is 15.9 Å². The first kappa shape index (κ1) is 10.6. The van der Waals surface area contributed by atoms with E-state index in [-0.39, 0.29) is 16.7 Å². The molecule has 0 fully saturated rings. The second kappa shape index (κ2) is 3.90. The summed E-state index contributed by atoms with van der Waals surface area (Å²) in [7, 11) is 0. The summed E-state index contributed by atoms with van der Waals surface area (Å²) in [5, 5.41) is 14.2. The number of nitrogens with one attached hydrogen (secondary N) is 1. The van der Waals surface area contributed by atoms with E-state index in [1.54, 1.807) is 6.07 Å². The smallest absolute Gasteiger partial charge is 0.287 e. The maximum absolute atomic E-state index is 11.0. The Labute approximate surface area is 96.0 Å². The Bertz CT molecular complexity index is 420. The fourth-order valence-corrected chi connectivity index (χ4v) is 2.53. The highest BCUT2D eigenvalue weighted by molar-refractivity contribution is 9.10. The lowest BCUT2D eigenvalue weighted by Crippen LogP contribution is -2.28. The summed E-state index contributed by atoms with van der Waals surface area (Å²) in [5.41, 5.74) is 2.12. The van der Waals surface area contributed by atoms with E-state index in [2.05, 4.69) is 21.2 Å². The van der Waals surface area contributed by atoms with Crippen LogP contribution in [-0.4, -0.2) is 11.5 Å². The predicted octanol–water partition coefficient (Wildman–Crippen LogP) is 2.56. The van der Waals surface area contributed by atoms with E-state index in [0.717, 1.165) is 24.1 Å². The molecule has 2 rings (SSSR count). The highest BCUT2D eigenvalue weighted by Crippen LogP contribution is 2.35. The van der Waals surface area contributed by atoms with E-state index in [9.17, 15) is 10.1 Å². The summed E-state index contributed by atoms with van der Waals surface area (Å²) in [6.45, 7) is 2.82. The molecule has 15 heavy (non-hydrogen) atoms. The first-order valence-electron chi connectivity index (χ1n) is 4.80. The Hall–Kier alpha value is -0.940. The molecule has 0 aliphatic carbocycles. The van der Waals surface area contributed by atoms with Gasteiger partial charge < -0.3 is 5.32 Å². The van der Waals surface area contributed by atoms with E-state index in [1.165, 1.54) is 0 Å². The number of nitro benzene ring substituents is 1. The van der Waals surface area contributed by atoms with E-state index < -0.39 is 0 Å². The Morgan fingerprint density at radius 3 is 3.00 bits per heavy atom. The molecular formula is C10H11BrN2O2. The van der Waals surface area contributed by atoms with Gasteiger partial charge >= 0.3 is 0 Å². The zero-order valence-corrected chi connectivity index (χ0v) is 9.87. The Balaban J connectivity index is 2.63. The monoisotopic (exact) mass is 270 g/mol. The van der Waals surface area contributed by atoms with E-state index in [4.69, 9.17) is 0 Å². The van der Waals surface area contributed by atoms with Crippen LogP contribution < -0.4 is 5.32 Å². The lowest BCUT2D eigenvalue weighted by atomic mass is 9.94. The van der Waals surface area contributed by atoms with Crippen molar-refractivity contribution in [3.05, 3.63) is 37.8 Å². The van der Waals surface area contributed by atoms with Crippen molar-refractivity contribution in [2.24, 2.45) is 0 Å². The van der Waals surface area contributed by atoms with Crippen LogP contribution in [0.3, 0.4) is 0 Å². The molecule has 1 aromatic rings. The van der Waals surface area contributed by atoms with Crippen molar-refractivity contribution in [3.8, 4) is 0 Å². The van der Waals surface area contributed by atoms with Gasteiger partial charge in [-0.2, -0.15) is 0 Å². The van der Waals surface area contributed by atoms with Crippen LogP contribution in [0, 0.1) is 10.1 Å². The third-order valence-corrected chi connectivity index (χ3v) is 3.38. The molecule has 0 bridgehead atoms. The summed E-state index contributed by atoms with van der Waals surface area (Å²) in [5.74, 6) is 0. The molecule has 1 unspecified atom stereocenters. The van der Waals surface area contributed by atoms with E-state index >= 15 is 0 Å². The largest absolute Gasteiger partial charge is 0.310 e. The van der Waals surface area contributed by atoms with E-state index in [0.29, 0.717) is 4.47 Å². The summed E-state index contributed by atoms with van der Waals surface area (Å²) in [6, 6.07) is 3.89. The van der Waals surface area contributed by atoms with Crippen LogP contribution in [0.25, 0.3) is 0 Å². The summed E-state index contributed by atoms with van der Waals surface area (Å²) >= 11 is 3.23. The van der Waals surface area contributed by atoms with Gasteiger partial charge in [-0.15, -0.1) is 0 Å². The molecule has 4 nitrogen and oxygen atoms in total. The lowest BCUT2D eigenvalue weighted by molar-refractivity contribution is -0.386. The van der Waals surface area contributed by atoms with Gasteiger partial charge in [0.05, 0.1) is 9.40 Å². The third-order valence-electron chi connectivity index (χ3n) is 2.74. The molecular weight excluding hydrogens is 260 g/mol. The van der Waals surface area contributed by atoms with E-state index in [1.807, 2.05) is 13.0 Å². The van der Waals surface area contributed by atoms with Gasteiger partial charge in [0.25, 0.3) is 5.69 Å². The molecule has 1 aliphatic heterocycles. The van der Waals surface area contributed by atoms with Crippen molar-refractivity contribution in [1.82, 2.24) is 5.32 Å². The number of rotatable bonds is 1. The average Bonchev–Trinajstić information content (AvgIpc) is 2.17. The van der Waals surface area contributed by atoms with Crippen LogP contribution in [0.2, 0.25) is 0 Å². The topological polar surface area (TPSA) is 55.2 Å².